The van der Waals surface area contributed by atoms with E-state index in [2.05, 4.69) is 48.6 Å². The first kappa shape index (κ1) is 10.5. The van der Waals surface area contributed by atoms with Gasteiger partial charge in [-0.2, -0.15) is 4.57 Å². The van der Waals surface area contributed by atoms with Crippen LogP contribution in [0.2, 0.25) is 0 Å². The van der Waals surface area contributed by atoms with Gasteiger partial charge in [-0.05, 0) is 42.0 Å². The summed E-state index contributed by atoms with van der Waals surface area (Å²) in [6, 6.07) is 4.38. The monoisotopic (exact) mass is 224 g/mol. The lowest BCUT2D eigenvalue weighted by Gasteiger charge is -2.01. The van der Waals surface area contributed by atoms with Crippen molar-refractivity contribution in [3.8, 4) is 0 Å². The first-order valence-electron chi connectivity index (χ1n) is 6.40. The SMILES string of the molecule is C=CC[n+]1cccc2c1C=C1CC(CC)C=C12. The van der Waals surface area contributed by atoms with Gasteiger partial charge in [0.2, 0.25) is 5.69 Å². The molecule has 1 atom stereocenters. The van der Waals surface area contributed by atoms with Crippen molar-refractivity contribution < 1.29 is 4.57 Å². The zero-order valence-corrected chi connectivity index (χ0v) is 10.3. The van der Waals surface area contributed by atoms with Gasteiger partial charge in [-0.3, -0.25) is 0 Å². The molecular formula is C16H18N+. The van der Waals surface area contributed by atoms with Crippen molar-refractivity contribution >= 4 is 11.6 Å². The van der Waals surface area contributed by atoms with E-state index in [1.165, 1.54) is 35.2 Å². The zero-order chi connectivity index (χ0) is 11.8. The van der Waals surface area contributed by atoms with Crippen LogP contribution < -0.4 is 4.57 Å². The van der Waals surface area contributed by atoms with Crippen molar-refractivity contribution in [3.05, 3.63) is 53.9 Å². The second kappa shape index (κ2) is 3.99. The molecule has 0 N–H and O–H groups in total. The van der Waals surface area contributed by atoms with Crippen molar-refractivity contribution in [2.24, 2.45) is 5.92 Å². The Kier molecular flexibility index (Phi) is 2.47. The Morgan fingerprint density at radius 3 is 3.18 bits per heavy atom. The fourth-order valence-electron chi connectivity index (χ4n) is 2.87. The number of rotatable bonds is 3. The first-order chi connectivity index (χ1) is 8.33. The van der Waals surface area contributed by atoms with Gasteiger partial charge < -0.3 is 0 Å². The smallest absolute Gasteiger partial charge is 0.195 e. The van der Waals surface area contributed by atoms with Gasteiger partial charge in [0.05, 0.1) is 5.56 Å². The van der Waals surface area contributed by atoms with Crippen molar-refractivity contribution in [1.29, 1.82) is 0 Å². The normalized spacial score (nSPS) is 20.6. The van der Waals surface area contributed by atoms with Crippen molar-refractivity contribution in [1.82, 2.24) is 0 Å². The van der Waals surface area contributed by atoms with E-state index >= 15 is 0 Å². The van der Waals surface area contributed by atoms with E-state index in [4.69, 9.17) is 0 Å². The molecule has 2 aliphatic carbocycles. The van der Waals surface area contributed by atoms with Crippen LogP contribution >= 0.6 is 0 Å². The molecule has 86 valence electrons. The van der Waals surface area contributed by atoms with E-state index < -0.39 is 0 Å². The molecule has 1 aromatic heterocycles. The Morgan fingerprint density at radius 2 is 2.41 bits per heavy atom. The quantitative estimate of drug-likeness (QED) is 0.547. The molecule has 0 saturated carbocycles. The predicted octanol–water partition coefficient (Wildman–Crippen LogP) is 3.37. The Labute approximate surface area is 103 Å². The molecular weight excluding hydrogens is 206 g/mol. The number of nitrogens with zero attached hydrogens (tertiary/aromatic N) is 1. The van der Waals surface area contributed by atoms with E-state index in [0.717, 1.165) is 12.5 Å². The number of allylic oxidation sites excluding steroid dienone is 4. The second-order valence-electron chi connectivity index (χ2n) is 4.87. The lowest BCUT2D eigenvalue weighted by molar-refractivity contribution is -0.688. The Bertz CT molecular complexity index is 534. The fraction of sp³-hybridized carbons (Fsp3) is 0.312. The molecule has 1 heterocycles. The van der Waals surface area contributed by atoms with Crippen molar-refractivity contribution in [2.45, 2.75) is 26.3 Å². The summed E-state index contributed by atoms with van der Waals surface area (Å²) in [6.07, 6.45) is 11.4. The number of hydrogen-bond donors (Lipinski definition) is 0. The van der Waals surface area contributed by atoms with Gasteiger partial charge in [0.25, 0.3) is 0 Å². The van der Waals surface area contributed by atoms with E-state index in [1.54, 1.807) is 0 Å². The highest BCUT2D eigenvalue weighted by atomic mass is 15.0. The zero-order valence-electron chi connectivity index (χ0n) is 10.3. The first-order valence-corrected chi connectivity index (χ1v) is 6.40. The molecule has 0 saturated heterocycles. The third kappa shape index (κ3) is 1.57. The molecule has 1 unspecified atom stereocenters. The minimum absolute atomic E-state index is 0.748. The fourth-order valence-corrected chi connectivity index (χ4v) is 2.87. The number of hydrogen-bond acceptors (Lipinski definition) is 0. The lowest BCUT2D eigenvalue weighted by Crippen LogP contribution is -2.35. The summed E-state index contributed by atoms with van der Waals surface area (Å²) >= 11 is 0. The lowest BCUT2D eigenvalue weighted by atomic mass is 10.1. The van der Waals surface area contributed by atoms with E-state index in [-0.39, 0.29) is 0 Å². The number of pyridine rings is 1. The highest BCUT2D eigenvalue weighted by molar-refractivity contribution is 5.94. The van der Waals surface area contributed by atoms with Gasteiger partial charge in [-0.25, -0.2) is 0 Å². The van der Waals surface area contributed by atoms with Crippen LogP contribution in [0.15, 0.2) is 42.6 Å². The second-order valence-corrected chi connectivity index (χ2v) is 4.87. The van der Waals surface area contributed by atoms with E-state index in [0.29, 0.717) is 0 Å². The van der Waals surface area contributed by atoms with Crippen LogP contribution in [0.4, 0.5) is 0 Å². The van der Waals surface area contributed by atoms with Gasteiger partial charge in [-0.1, -0.05) is 19.6 Å². The standard InChI is InChI=1S/C16H18N/c1-3-7-17-8-5-6-14-15-10-12(4-2)9-13(15)11-16(14)17/h3,5-6,8,10-12H,1,4,7,9H2,2H3/q+1. The van der Waals surface area contributed by atoms with Gasteiger partial charge in [0.1, 0.15) is 0 Å². The molecule has 3 rings (SSSR count). The van der Waals surface area contributed by atoms with Gasteiger partial charge >= 0.3 is 0 Å². The summed E-state index contributed by atoms with van der Waals surface area (Å²) in [7, 11) is 0. The van der Waals surface area contributed by atoms with E-state index in [1.807, 2.05) is 6.08 Å². The summed E-state index contributed by atoms with van der Waals surface area (Å²) in [5.41, 5.74) is 5.75. The summed E-state index contributed by atoms with van der Waals surface area (Å²) in [5, 5.41) is 0. The molecule has 0 aliphatic heterocycles. The van der Waals surface area contributed by atoms with Crippen LogP contribution in [0.1, 0.15) is 31.0 Å². The van der Waals surface area contributed by atoms with E-state index in [9.17, 15) is 0 Å². The minimum Gasteiger partial charge on any atom is -0.195 e. The van der Waals surface area contributed by atoms with Crippen molar-refractivity contribution in [3.63, 3.8) is 0 Å². The maximum absolute atomic E-state index is 3.82. The van der Waals surface area contributed by atoms with Gasteiger partial charge in [-0.15, -0.1) is 0 Å². The third-order valence-electron chi connectivity index (χ3n) is 3.80. The number of fused-ring (bicyclic) bond motifs is 3. The van der Waals surface area contributed by atoms with Crippen molar-refractivity contribution in [2.75, 3.05) is 0 Å². The molecule has 0 bridgehead atoms. The molecule has 0 radical (unpaired) electrons. The minimum atomic E-state index is 0.748. The maximum atomic E-state index is 3.82. The highest BCUT2D eigenvalue weighted by Crippen LogP contribution is 2.43. The van der Waals surface area contributed by atoms with Crippen LogP contribution in [0.3, 0.4) is 0 Å². The summed E-state index contributed by atoms with van der Waals surface area (Å²) in [4.78, 5) is 0. The highest BCUT2D eigenvalue weighted by Gasteiger charge is 2.31. The summed E-state index contributed by atoms with van der Waals surface area (Å²) < 4.78 is 2.27. The largest absolute Gasteiger partial charge is 0.213 e. The third-order valence-corrected chi connectivity index (χ3v) is 3.80. The Hall–Kier alpha value is -1.63. The van der Waals surface area contributed by atoms with Crippen LogP contribution in [-0.2, 0) is 6.54 Å². The molecule has 0 fully saturated rings. The van der Waals surface area contributed by atoms with Crippen LogP contribution in [0.5, 0.6) is 0 Å². The molecule has 1 heteroatoms. The van der Waals surface area contributed by atoms with Crippen LogP contribution in [0.25, 0.3) is 11.6 Å². The van der Waals surface area contributed by atoms with Crippen LogP contribution in [-0.4, -0.2) is 0 Å². The van der Waals surface area contributed by atoms with Gasteiger partial charge in [0.15, 0.2) is 12.7 Å². The summed E-state index contributed by atoms with van der Waals surface area (Å²) in [6.45, 7) is 6.98. The molecule has 0 aromatic carbocycles. The number of aromatic nitrogens is 1. The molecule has 0 spiro atoms. The molecule has 2 aliphatic rings. The average molecular weight is 224 g/mol. The maximum Gasteiger partial charge on any atom is 0.213 e. The average Bonchev–Trinajstić information content (AvgIpc) is 2.87. The topological polar surface area (TPSA) is 3.88 Å². The molecule has 1 nitrogen and oxygen atoms in total. The molecule has 1 aromatic rings. The predicted molar refractivity (Wildman–Crippen MR) is 71.2 cm³/mol. The Balaban J connectivity index is 2.08. The molecule has 17 heavy (non-hydrogen) atoms. The van der Waals surface area contributed by atoms with Gasteiger partial charge in [0, 0.05) is 12.1 Å². The van der Waals surface area contributed by atoms with Crippen LogP contribution in [0, 0.1) is 5.92 Å². The Morgan fingerprint density at radius 1 is 1.53 bits per heavy atom. The molecule has 0 amide bonds. The summed E-state index contributed by atoms with van der Waals surface area (Å²) in [5.74, 6) is 0.748.